The number of rotatable bonds is 2. The quantitative estimate of drug-likeness (QED) is 0.654. The molecule has 0 aliphatic carbocycles. The molecule has 0 aliphatic rings. The second kappa shape index (κ2) is 4.53. The fourth-order valence-corrected chi connectivity index (χ4v) is 1.86. The Hall–Kier alpha value is -2.69. The lowest BCUT2D eigenvalue weighted by Crippen LogP contribution is -1.74. The lowest BCUT2D eigenvalue weighted by atomic mass is 10.2. The van der Waals surface area contributed by atoms with Gasteiger partial charge in [-0.1, -0.05) is 30.3 Å². The Morgan fingerprint density at radius 2 is 1.74 bits per heavy atom. The van der Waals surface area contributed by atoms with E-state index in [0.29, 0.717) is 11.1 Å². The highest BCUT2D eigenvalue weighted by molar-refractivity contribution is 5.94. The standard InChI is InChI=1S/C14H10FN3O/c15-11-8-4-7-10-12(11)16-14(19)13(10)18-17-9-5-2-1-3-6-9/h1-8,16,19H. The molecule has 4 nitrogen and oxygen atoms in total. The summed E-state index contributed by atoms with van der Waals surface area (Å²) in [6, 6.07) is 13.7. The second-order valence-electron chi connectivity index (χ2n) is 4.02. The molecule has 0 unspecified atom stereocenters. The molecule has 0 aliphatic heterocycles. The number of para-hydroxylation sites is 1. The first-order valence-electron chi connectivity index (χ1n) is 5.71. The molecular formula is C14H10FN3O. The monoisotopic (exact) mass is 255 g/mol. The number of aromatic nitrogens is 1. The molecule has 0 bridgehead atoms. The van der Waals surface area contributed by atoms with Gasteiger partial charge < -0.3 is 10.1 Å². The van der Waals surface area contributed by atoms with Gasteiger partial charge in [-0.15, -0.1) is 5.11 Å². The minimum Gasteiger partial charge on any atom is -0.493 e. The predicted octanol–water partition coefficient (Wildman–Crippen LogP) is 4.43. The summed E-state index contributed by atoms with van der Waals surface area (Å²) in [6.07, 6.45) is 0. The van der Waals surface area contributed by atoms with Crippen molar-refractivity contribution < 1.29 is 9.50 Å². The van der Waals surface area contributed by atoms with E-state index in [1.54, 1.807) is 24.3 Å². The normalized spacial score (nSPS) is 11.4. The van der Waals surface area contributed by atoms with Crippen LogP contribution in [0.5, 0.6) is 5.88 Å². The molecule has 19 heavy (non-hydrogen) atoms. The van der Waals surface area contributed by atoms with Gasteiger partial charge in [0.15, 0.2) is 5.69 Å². The van der Waals surface area contributed by atoms with Crippen molar-refractivity contribution in [3.8, 4) is 5.88 Å². The number of nitrogens with zero attached hydrogens (tertiary/aromatic N) is 2. The minimum absolute atomic E-state index is 0.195. The number of aromatic amines is 1. The first-order valence-corrected chi connectivity index (χ1v) is 5.71. The zero-order valence-corrected chi connectivity index (χ0v) is 9.84. The van der Waals surface area contributed by atoms with Gasteiger partial charge in [0.2, 0.25) is 5.88 Å². The number of azo groups is 1. The van der Waals surface area contributed by atoms with Gasteiger partial charge in [0.1, 0.15) is 5.82 Å². The van der Waals surface area contributed by atoms with E-state index in [1.807, 2.05) is 18.2 Å². The molecule has 2 N–H and O–H groups in total. The Bertz CT molecular complexity index is 750. The van der Waals surface area contributed by atoms with Crippen LogP contribution in [0.25, 0.3) is 10.9 Å². The highest BCUT2D eigenvalue weighted by Crippen LogP contribution is 2.37. The third kappa shape index (κ3) is 2.06. The maximum Gasteiger partial charge on any atom is 0.218 e. The van der Waals surface area contributed by atoms with Crippen LogP contribution in [0.1, 0.15) is 0 Å². The summed E-state index contributed by atoms with van der Waals surface area (Å²) in [7, 11) is 0. The Balaban J connectivity index is 2.09. The van der Waals surface area contributed by atoms with Crippen molar-refractivity contribution in [2.24, 2.45) is 10.2 Å². The average molecular weight is 255 g/mol. The smallest absolute Gasteiger partial charge is 0.218 e. The number of benzene rings is 2. The van der Waals surface area contributed by atoms with Crippen LogP contribution in [0.4, 0.5) is 15.8 Å². The summed E-state index contributed by atoms with van der Waals surface area (Å²) in [5, 5.41) is 18.3. The van der Waals surface area contributed by atoms with Gasteiger partial charge in [0.25, 0.3) is 0 Å². The van der Waals surface area contributed by atoms with E-state index in [4.69, 9.17) is 0 Å². The van der Waals surface area contributed by atoms with Crippen LogP contribution >= 0.6 is 0 Å². The first kappa shape index (κ1) is 11.4. The minimum atomic E-state index is -0.436. The highest BCUT2D eigenvalue weighted by atomic mass is 19.1. The van der Waals surface area contributed by atoms with Crippen LogP contribution in [0.2, 0.25) is 0 Å². The first-order chi connectivity index (χ1) is 9.25. The number of aromatic hydroxyl groups is 1. The van der Waals surface area contributed by atoms with Gasteiger partial charge in [0, 0.05) is 5.39 Å². The summed E-state index contributed by atoms with van der Waals surface area (Å²) in [5.74, 6) is -0.631. The largest absolute Gasteiger partial charge is 0.493 e. The summed E-state index contributed by atoms with van der Waals surface area (Å²) >= 11 is 0. The maximum absolute atomic E-state index is 13.5. The molecule has 3 aromatic rings. The molecule has 0 saturated carbocycles. The Labute approximate surface area is 108 Å². The van der Waals surface area contributed by atoms with Crippen molar-refractivity contribution in [3.63, 3.8) is 0 Å². The molecule has 1 aromatic heterocycles. The van der Waals surface area contributed by atoms with Crippen molar-refractivity contribution in [3.05, 3.63) is 54.3 Å². The van der Waals surface area contributed by atoms with Crippen molar-refractivity contribution in [2.45, 2.75) is 0 Å². The summed E-state index contributed by atoms with van der Waals surface area (Å²) in [6.45, 7) is 0. The third-order valence-electron chi connectivity index (χ3n) is 2.76. The number of nitrogens with one attached hydrogen (secondary N) is 1. The van der Waals surface area contributed by atoms with E-state index in [2.05, 4.69) is 15.2 Å². The van der Waals surface area contributed by atoms with E-state index >= 15 is 0 Å². The van der Waals surface area contributed by atoms with E-state index in [1.165, 1.54) is 6.07 Å². The lowest BCUT2D eigenvalue weighted by molar-refractivity contribution is 0.459. The third-order valence-corrected chi connectivity index (χ3v) is 2.76. The Morgan fingerprint density at radius 3 is 2.53 bits per heavy atom. The van der Waals surface area contributed by atoms with Crippen LogP contribution in [0.3, 0.4) is 0 Å². The average Bonchev–Trinajstić information content (AvgIpc) is 2.75. The molecule has 2 aromatic carbocycles. The number of H-pyrrole nitrogens is 1. The van der Waals surface area contributed by atoms with Gasteiger partial charge in [-0.05, 0) is 18.2 Å². The molecule has 0 saturated heterocycles. The number of hydrogen-bond donors (Lipinski definition) is 2. The van der Waals surface area contributed by atoms with Crippen LogP contribution in [0.15, 0.2) is 58.8 Å². The molecule has 5 heteroatoms. The summed E-state index contributed by atoms with van der Waals surface area (Å²) in [5.41, 5.74) is 1.12. The Kier molecular flexibility index (Phi) is 2.72. The van der Waals surface area contributed by atoms with Gasteiger partial charge in [0.05, 0.1) is 11.2 Å². The van der Waals surface area contributed by atoms with Gasteiger partial charge >= 0.3 is 0 Å². The zero-order valence-electron chi connectivity index (χ0n) is 9.84. The lowest BCUT2D eigenvalue weighted by Gasteiger charge is -1.93. The molecule has 3 rings (SSSR count). The van der Waals surface area contributed by atoms with Crippen molar-refractivity contribution in [1.82, 2.24) is 4.98 Å². The molecule has 0 radical (unpaired) electrons. The maximum atomic E-state index is 13.5. The van der Waals surface area contributed by atoms with Crippen molar-refractivity contribution >= 4 is 22.3 Å². The zero-order chi connectivity index (χ0) is 13.2. The van der Waals surface area contributed by atoms with Crippen molar-refractivity contribution in [1.29, 1.82) is 0 Å². The molecule has 0 fully saturated rings. The summed E-state index contributed by atoms with van der Waals surface area (Å²) in [4.78, 5) is 2.56. The van der Waals surface area contributed by atoms with Gasteiger partial charge in [-0.2, -0.15) is 5.11 Å². The SMILES string of the molecule is Oc1[nH]c2c(F)cccc2c1N=Nc1ccccc1. The van der Waals surface area contributed by atoms with E-state index in [9.17, 15) is 9.50 Å². The Morgan fingerprint density at radius 1 is 0.947 bits per heavy atom. The summed E-state index contributed by atoms with van der Waals surface area (Å²) < 4.78 is 13.5. The topological polar surface area (TPSA) is 60.7 Å². The van der Waals surface area contributed by atoms with Crippen molar-refractivity contribution in [2.75, 3.05) is 0 Å². The van der Waals surface area contributed by atoms with E-state index in [-0.39, 0.29) is 17.1 Å². The molecule has 94 valence electrons. The number of fused-ring (bicyclic) bond motifs is 1. The second-order valence-corrected chi connectivity index (χ2v) is 4.02. The van der Waals surface area contributed by atoms with E-state index in [0.717, 1.165) is 0 Å². The number of hydrogen-bond acceptors (Lipinski definition) is 3. The highest BCUT2D eigenvalue weighted by Gasteiger charge is 2.12. The molecular weight excluding hydrogens is 245 g/mol. The molecule has 1 heterocycles. The number of halogens is 1. The molecule has 0 atom stereocenters. The fraction of sp³-hybridized carbons (Fsp3) is 0. The van der Waals surface area contributed by atoms with Crippen LogP contribution in [-0.2, 0) is 0 Å². The van der Waals surface area contributed by atoms with Gasteiger partial charge in [-0.3, -0.25) is 0 Å². The van der Waals surface area contributed by atoms with E-state index < -0.39 is 5.82 Å². The fourth-order valence-electron chi connectivity index (χ4n) is 1.86. The van der Waals surface area contributed by atoms with Crippen LogP contribution in [-0.4, -0.2) is 10.1 Å². The van der Waals surface area contributed by atoms with Crippen LogP contribution < -0.4 is 0 Å². The molecule has 0 spiro atoms. The molecule has 0 amide bonds. The van der Waals surface area contributed by atoms with Crippen LogP contribution in [0, 0.1) is 5.82 Å². The van der Waals surface area contributed by atoms with Gasteiger partial charge in [-0.25, -0.2) is 4.39 Å². The predicted molar refractivity (Wildman–Crippen MR) is 70.5 cm³/mol.